The lowest BCUT2D eigenvalue weighted by Gasteiger charge is -2.03. The van der Waals surface area contributed by atoms with Crippen LogP contribution in [-0.2, 0) is 4.79 Å². The molecule has 0 aromatic carbocycles. The molecule has 0 radical (unpaired) electrons. The minimum Gasteiger partial charge on any atom is -0.396 e. The summed E-state index contributed by atoms with van der Waals surface area (Å²) in [5, 5.41) is 8.07. The van der Waals surface area contributed by atoms with E-state index in [0.717, 1.165) is 32.1 Å². The van der Waals surface area contributed by atoms with E-state index in [2.05, 4.69) is 13.8 Å². The third-order valence-corrected chi connectivity index (χ3v) is 1.99. The highest BCUT2D eigenvalue weighted by Crippen LogP contribution is 2.05. The van der Waals surface area contributed by atoms with Crippen LogP contribution in [0.3, 0.4) is 0 Å². The average molecular weight is 235 g/mol. The van der Waals surface area contributed by atoms with Crippen LogP contribution in [0.2, 0.25) is 0 Å². The van der Waals surface area contributed by atoms with Crippen molar-refractivity contribution in [2.45, 2.75) is 66.7 Å². The van der Waals surface area contributed by atoms with E-state index in [4.69, 9.17) is 10.8 Å². The summed E-state index contributed by atoms with van der Waals surface area (Å²) in [4.78, 5) is 10.4. The number of aliphatic hydroxyl groups excluding tert-OH is 1. The van der Waals surface area contributed by atoms with E-state index in [-0.39, 0.29) is 13.3 Å². The molecular weight excluding hydrogens is 202 g/mol. The monoisotopic (exact) mass is 235 g/mol. The van der Waals surface area contributed by atoms with Crippen LogP contribution in [0, 0.1) is 5.92 Å². The maximum atomic E-state index is 10.4. The highest BCUT2D eigenvalue weighted by Gasteiger charge is 2.05. The number of amides is 1. The first-order valence-electron chi connectivity index (χ1n) is 6.50. The second kappa shape index (κ2) is 19.9. The second-order valence-electron chi connectivity index (χ2n) is 3.52. The predicted octanol–water partition coefficient (Wildman–Crippen LogP) is 3.35. The van der Waals surface area contributed by atoms with E-state index in [0.29, 0.717) is 6.61 Å². The highest BCUT2D eigenvalue weighted by molar-refractivity contribution is 5.76. The molecule has 0 aliphatic heterocycles. The van der Waals surface area contributed by atoms with Crippen LogP contribution in [0.1, 0.15) is 68.1 Å². The number of hydrogen-bond acceptors (Lipinski definition) is 2. The summed E-state index contributed by atoms with van der Waals surface area (Å²) < 4.78 is 0. The van der Waals surface area contributed by atoms with Crippen molar-refractivity contribution in [2.75, 3.05) is 6.61 Å². The number of carbonyl (C=O) groups excluding carboxylic acids is 1. The number of nitrogens with two attached hydrogens (primary N) is 1. The first kappa shape index (κ1) is 20.8. The van der Waals surface area contributed by atoms with Gasteiger partial charge in [-0.15, -0.1) is 0 Å². The maximum absolute atomic E-state index is 10.4. The van der Waals surface area contributed by atoms with Gasteiger partial charge in [0, 0.05) is 14.0 Å². The Kier molecular flexibility index (Phi) is 25.9. The minimum atomic E-state index is -0.177. The zero-order valence-electron chi connectivity index (χ0n) is 11.8. The number of aliphatic hydroxyl groups is 1. The summed E-state index contributed by atoms with van der Waals surface area (Å²) in [7, 11) is 0. The molecule has 102 valence electrons. The van der Waals surface area contributed by atoms with Gasteiger partial charge in [0.1, 0.15) is 0 Å². The molecule has 0 saturated carbocycles. The second-order valence-corrected chi connectivity index (χ2v) is 3.52. The molecule has 0 rings (SSSR count). The molecule has 1 amide bonds. The lowest BCUT2D eigenvalue weighted by molar-refractivity contribution is -0.121. The summed E-state index contributed by atoms with van der Waals surface area (Å²) in [5.74, 6) is -0.117. The van der Waals surface area contributed by atoms with Crippen molar-refractivity contribution >= 4 is 5.91 Å². The van der Waals surface area contributed by atoms with Crippen molar-refractivity contribution in [1.29, 1.82) is 0 Å². The molecular formula is C13H33NO2. The molecule has 3 nitrogen and oxygen atoms in total. The third-order valence-electron chi connectivity index (χ3n) is 1.99. The molecule has 0 heterocycles. The fourth-order valence-corrected chi connectivity index (χ4v) is 0.811. The molecule has 0 aromatic rings. The third kappa shape index (κ3) is 23.3. The van der Waals surface area contributed by atoms with Crippen molar-refractivity contribution in [3.05, 3.63) is 0 Å². The SMILES string of the molecule is CC.CCCCC(C)C(N)=O.CCCCO.[HH]. The van der Waals surface area contributed by atoms with E-state index in [1.807, 2.05) is 20.8 Å². The zero-order chi connectivity index (χ0) is 13.4. The summed E-state index contributed by atoms with van der Waals surface area (Å²) in [6.45, 7) is 10.4. The standard InChI is InChI=1S/C7H15NO.C4H10O.C2H6.H2/c1-3-4-5-6(2)7(8)9;1-2-3-4-5;1-2;/h6H,3-5H2,1-2H3,(H2,8,9);5H,2-4H2,1H3;1-2H3;1H. The van der Waals surface area contributed by atoms with Gasteiger partial charge in [-0.05, 0) is 12.8 Å². The van der Waals surface area contributed by atoms with Gasteiger partial charge in [-0.1, -0.05) is 53.9 Å². The van der Waals surface area contributed by atoms with E-state index < -0.39 is 0 Å². The summed E-state index contributed by atoms with van der Waals surface area (Å²) >= 11 is 0. The Morgan fingerprint density at radius 1 is 1.25 bits per heavy atom. The van der Waals surface area contributed by atoms with Gasteiger partial charge in [0.25, 0.3) is 0 Å². The maximum Gasteiger partial charge on any atom is 0.220 e. The van der Waals surface area contributed by atoms with Gasteiger partial charge in [0.05, 0.1) is 0 Å². The number of rotatable bonds is 6. The molecule has 16 heavy (non-hydrogen) atoms. The van der Waals surface area contributed by atoms with Gasteiger partial charge < -0.3 is 10.8 Å². The van der Waals surface area contributed by atoms with Crippen molar-refractivity contribution < 1.29 is 11.3 Å². The minimum absolute atomic E-state index is 0. The van der Waals surface area contributed by atoms with Crippen molar-refractivity contribution in [1.82, 2.24) is 0 Å². The molecule has 0 aromatic heterocycles. The van der Waals surface area contributed by atoms with E-state index in [1.165, 1.54) is 0 Å². The van der Waals surface area contributed by atoms with E-state index in [1.54, 1.807) is 0 Å². The van der Waals surface area contributed by atoms with Crippen LogP contribution in [-0.4, -0.2) is 17.6 Å². The normalized spacial score (nSPS) is 10.4. The van der Waals surface area contributed by atoms with Gasteiger partial charge in [-0.3, -0.25) is 4.79 Å². The Labute approximate surface area is 103 Å². The summed E-state index contributed by atoms with van der Waals surface area (Å²) in [5.41, 5.74) is 5.04. The Morgan fingerprint density at radius 2 is 1.69 bits per heavy atom. The highest BCUT2D eigenvalue weighted by atomic mass is 16.2. The van der Waals surface area contributed by atoms with Gasteiger partial charge in [0.15, 0.2) is 0 Å². The first-order valence-corrected chi connectivity index (χ1v) is 6.50. The summed E-state index contributed by atoms with van der Waals surface area (Å²) in [6.07, 6.45) is 5.21. The first-order chi connectivity index (χ1) is 7.59. The molecule has 3 heteroatoms. The Balaban J connectivity index is -0.0000000910. The molecule has 1 unspecified atom stereocenters. The Morgan fingerprint density at radius 3 is 1.88 bits per heavy atom. The molecule has 0 spiro atoms. The molecule has 0 saturated heterocycles. The van der Waals surface area contributed by atoms with Crippen LogP contribution < -0.4 is 5.73 Å². The lowest BCUT2D eigenvalue weighted by Crippen LogP contribution is -2.20. The van der Waals surface area contributed by atoms with Crippen LogP contribution in [0.4, 0.5) is 0 Å². The van der Waals surface area contributed by atoms with Crippen molar-refractivity contribution in [3.63, 3.8) is 0 Å². The molecule has 0 fully saturated rings. The number of hydrogen-bond donors (Lipinski definition) is 2. The van der Waals surface area contributed by atoms with Crippen LogP contribution in [0.5, 0.6) is 0 Å². The molecule has 1 atom stereocenters. The molecule has 3 N–H and O–H groups in total. The summed E-state index contributed by atoms with van der Waals surface area (Å²) in [6, 6.07) is 0. The fraction of sp³-hybridized carbons (Fsp3) is 0.923. The zero-order valence-corrected chi connectivity index (χ0v) is 11.8. The smallest absolute Gasteiger partial charge is 0.220 e. The van der Waals surface area contributed by atoms with Gasteiger partial charge >= 0.3 is 0 Å². The van der Waals surface area contributed by atoms with Gasteiger partial charge in [-0.2, -0.15) is 0 Å². The Hall–Kier alpha value is -0.570. The number of primary amides is 1. The quantitative estimate of drug-likeness (QED) is 0.741. The lowest BCUT2D eigenvalue weighted by atomic mass is 10.0. The van der Waals surface area contributed by atoms with Gasteiger partial charge in [-0.25, -0.2) is 0 Å². The van der Waals surface area contributed by atoms with Crippen molar-refractivity contribution in [2.24, 2.45) is 11.7 Å². The molecule has 0 aliphatic rings. The Bertz CT molecular complexity index is 131. The average Bonchev–Trinajstić information content (AvgIpc) is 2.30. The van der Waals surface area contributed by atoms with Crippen LogP contribution >= 0.6 is 0 Å². The van der Waals surface area contributed by atoms with Crippen LogP contribution in [0.15, 0.2) is 0 Å². The predicted molar refractivity (Wildman–Crippen MR) is 73.3 cm³/mol. The number of carbonyl (C=O) groups is 1. The largest absolute Gasteiger partial charge is 0.396 e. The number of unbranched alkanes of at least 4 members (excludes halogenated alkanes) is 2. The molecule has 0 bridgehead atoms. The fourth-order valence-electron chi connectivity index (χ4n) is 0.811. The van der Waals surface area contributed by atoms with E-state index in [9.17, 15) is 4.79 Å². The van der Waals surface area contributed by atoms with Crippen LogP contribution in [0.25, 0.3) is 0 Å². The van der Waals surface area contributed by atoms with E-state index >= 15 is 0 Å². The molecule has 0 aliphatic carbocycles. The van der Waals surface area contributed by atoms with Gasteiger partial charge in [0.2, 0.25) is 5.91 Å². The topological polar surface area (TPSA) is 63.3 Å². The van der Waals surface area contributed by atoms with Crippen molar-refractivity contribution in [3.8, 4) is 0 Å².